The normalized spacial score (nSPS) is 10.8. The summed E-state index contributed by atoms with van der Waals surface area (Å²) in [7, 11) is 4.94. The molecule has 0 spiro atoms. The molecule has 1 amide bonds. The van der Waals surface area contributed by atoms with Gasteiger partial charge in [-0.05, 0) is 54.4 Å². The van der Waals surface area contributed by atoms with Crippen LogP contribution in [-0.2, 0) is 22.5 Å². The average molecular weight is 382 g/mol. The van der Waals surface area contributed by atoms with Gasteiger partial charge in [0.2, 0.25) is 5.91 Å². The molecule has 0 aliphatic heterocycles. The second kappa shape index (κ2) is 9.28. The highest BCUT2D eigenvalue weighted by molar-refractivity contribution is 5.94. The van der Waals surface area contributed by atoms with Gasteiger partial charge in [-0.25, -0.2) is 0 Å². The lowest BCUT2D eigenvalue weighted by Gasteiger charge is -2.11. The zero-order valence-corrected chi connectivity index (χ0v) is 16.5. The van der Waals surface area contributed by atoms with E-state index in [-0.39, 0.29) is 5.91 Å². The largest absolute Gasteiger partial charge is 0.497 e. The molecule has 28 heavy (non-hydrogen) atoms. The van der Waals surface area contributed by atoms with Crippen LogP contribution < -0.4 is 14.8 Å². The first kappa shape index (κ1) is 19.8. The predicted octanol–water partition coefficient (Wildman–Crippen LogP) is 3.88. The third-order valence-corrected chi connectivity index (χ3v) is 4.70. The van der Waals surface area contributed by atoms with Gasteiger partial charge in [0.1, 0.15) is 11.5 Å². The Labute approximate surface area is 165 Å². The molecule has 0 atom stereocenters. The van der Waals surface area contributed by atoms with Gasteiger partial charge in [-0.15, -0.1) is 0 Å². The Bertz CT molecular complexity index is 949. The Morgan fingerprint density at radius 1 is 1.04 bits per heavy atom. The second-order valence-electron chi connectivity index (χ2n) is 6.50. The number of aromatic nitrogens is 1. The number of nitrogens with zero attached hydrogens (tertiary/aromatic N) is 1. The van der Waals surface area contributed by atoms with Gasteiger partial charge in [0.05, 0.1) is 20.8 Å². The topological polar surface area (TPSA) is 61.7 Å². The van der Waals surface area contributed by atoms with Crippen LogP contribution in [0.15, 0.2) is 48.7 Å². The molecule has 6 heteroatoms. The molecule has 3 rings (SSSR count). The highest BCUT2D eigenvalue weighted by Gasteiger charge is 2.10. The third kappa shape index (κ3) is 4.64. The number of rotatable bonds is 9. The Hall–Kier alpha value is -2.99. The van der Waals surface area contributed by atoms with Crippen LogP contribution in [0.2, 0.25) is 0 Å². The first-order chi connectivity index (χ1) is 13.6. The molecule has 0 saturated carbocycles. The number of carbonyl (C=O) groups is 1. The monoisotopic (exact) mass is 382 g/mol. The number of benzene rings is 2. The zero-order valence-electron chi connectivity index (χ0n) is 16.5. The summed E-state index contributed by atoms with van der Waals surface area (Å²) in [5.41, 5.74) is 2.86. The molecule has 1 heterocycles. The number of nitrogens with one attached hydrogen (secondary N) is 1. The van der Waals surface area contributed by atoms with E-state index in [1.54, 1.807) is 21.3 Å². The summed E-state index contributed by atoms with van der Waals surface area (Å²) >= 11 is 0. The molecule has 0 aliphatic rings. The maximum Gasteiger partial charge on any atom is 0.224 e. The lowest BCUT2D eigenvalue weighted by Crippen LogP contribution is -2.12. The fraction of sp³-hybridized carbons (Fsp3) is 0.318. The van der Waals surface area contributed by atoms with Gasteiger partial charge in [-0.3, -0.25) is 4.79 Å². The highest BCUT2D eigenvalue weighted by Crippen LogP contribution is 2.25. The van der Waals surface area contributed by atoms with E-state index in [1.807, 2.05) is 48.7 Å². The molecule has 0 aliphatic carbocycles. The van der Waals surface area contributed by atoms with Crippen LogP contribution in [0.4, 0.5) is 5.69 Å². The number of aryl methyl sites for hydroxylation is 1. The van der Waals surface area contributed by atoms with Gasteiger partial charge in [-0.2, -0.15) is 0 Å². The minimum atomic E-state index is -0.0389. The molecule has 0 bridgehead atoms. The fourth-order valence-electron chi connectivity index (χ4n) is 3.21. The first-order valence-corrected chi connectivity index (χ1v) is 9.23. The van der Waals surface area contributed by atoms with Crippen molar-refractivity contribution in [2.45, 2.75) is 19.4 Å². The van der Waals surface area contributed by atoms with Crippen LogP contribution in [0, 0.1) is 0 Å². The Kier molecular flexibility index (Phi) is 6.55. The molecule has 0 unspecified atom stereocenters. The summed E-state index contributed by atoms with van der Waals surface area (Å²) in [4.78, 5) is 12.4. The molecular weight excluding hydrogens is 356 g/mol. The van der Waals surface area contributed by atoms with E-state index in [9.17, 15) is 4.79 Å². The minimum absolute atomic E-state index is 0.0389. The summed E-state index contributed by atoms with van der Waals surface area (Å²) in [5, 5.41) is 4.06. The lowest BCUT2D eigenvalue weighted by molar-refractivity contribution is -0.116. The maximum atomic E-state index is 12.4. The van der Waals surface area contributed by atoms with E-state index in [2.05, 4.69) is 9.88 Å². The Balaban J connectivity index is 1.63. The van der Waals surface area contributed by atoms with Gasteiger partial charge in [0, 0.05) is 42.9 Å². The van der Waals surface area contributed by atoms with Gasteiger partial charge in [0.15, 0.2) is 0 Å². The molecule has 0 fully saturated rings. The molecule has 2 aromatic carbocycles. The molecular formula is C22H26N2O4. The summed E-state index contributed by atoms with van der Waals surface area (Å²) in [6.45, 7) is 1.46. The van der Waals surface area contributed by atoms with Gasteiger partial charge in [0.25, 0.3) is 0 Å². The highest BCUT2D eigenvalue weighted by atomic mass is 16.5. The van der Waals surface area contributed by atoms with Crippen LogP contribution in [0.25, 0.3) is 10.9 Å². The van der Waals surface area contributed by atoms with Crippen LogP contribution >= 0.6 is 0 Å². The number of amides is 1. The van der Waals surface area contributed by atoms with E-state index in [1.165, 1.54) is 0 Å². The van der Waals surface area contributed by atoms with E-state index in [4.69, 9.17) is 14.2 Å². The number of anilines is 1. The maximum absolute atomic E-state index is 12.4. The Morgan fingerprint density at radius 2 is 1.89 bits per heavy atom. The summed E-state index contributed by atoms with van der Waals surface area (Å²) < 4.78 is 17.9. The van der Waals surface area contributed by atoms with Crippen LogP contribution in [0.1, 0.15) is 12.0 Å². The smallest absolute Gasteiger partial charge is 0.224 e. The van der Waals surface area contributed by atoms with Crippen LogP contribution in [0.3, 0.4) is 0 Å². The average Bonchev–Trinajstić information content (AvgIpc) is 3.12. The molecule has 1 aromatic heterocycles. The summed E-state index contributed by atoms with van der Waals surface area (Å²) in [5.74, 6) is 1.47. The van der Waals surface area contributed by atoms with E-state index in [0.717, 1.165) is 40.2 Å². The third-order valence-electron chi connectivity index (χ3n) is 4.70. The first-order valence-electron chi connectivity index (χ1n) is 9.23. The number of hydrogen-bond acceptors (Lipinski definition) is 4. The number of ether oxygens (including phenoxy) is 3. The van der Waals surface area contributed by atoms with Crippen molar-refractivity contribution in [1.29, 1.82) is 0 Å². The molecule has 0 radical (unpaired) electrons. The standard InChI is InChI=1S/C22H26N2O4/c1-26-13-12-24-11-10-16-14-18(5-7-20(16)24)23-22(25)9-4-17-15-19(27-2)6-8-21(17)28-3/h5-8,10-11,14-15H,4,9,12-13H2,1-3H3,(H,23,25). The number of fused-ring (bicyclic) bond motifs is 1. The fourth-order valence-corrected chi connectivity index (χ4v) is 3.21. The molecule has 148 valence electrons. The molecule has 1 N–H and O–H groups in total. The van der Waals surface area contributed by atoms with Crippen molar-refractivity contribution in [2.24, 2.45) is 0 Å². The van der Waals surface area contributed by atoms with Crippen LogP contribution in [-0.4, -0.2) is 38.4 Å². The van der Waals surface area contributed by atoms with Crippen molar-refractivity contribution < 1.29 is 19.0 Å². The van der Waals surface area contributed by atoms with Crippen molar-refractivity contribution in [3.8, 4) is 11.5 Å². The summed E-state index contributed by atoms with van der Waals surface area (Å²) in [6, 6.07) is 13.6. The molecule has 6 nitrogen and oxygen atoms in total. The number of carbonyl (C=O) groups excluding carboxylic acids is 1. The quantitative estimate of drug-likeness (QED) is 0.610. The van der Waals surface area contributed by atoms with Crippen molar-refractivity contribution in [3.05, 3.63) is 54.2 Å². The lowest BCUT2D eigenvalue weighted by atomic mass is 10.1. The van der Waals surface area contributed by atoms with E-state index >= 15 is 0 Å². The molecule has 3 aromatic rings. The van der Waals surface area contributed by atoms with Gasteiger partial charge < -0.3 is 24.1 Å². The van der Waals surface area contributed by atoms with Crippen LogP contribution in [0.5, 0.6) is 11.5 Å². The Morgan fingerprint density at radius 3 is 2.64 bits per heavy atom. The van der Waals surface area contributed by atoms with Crippen molar-refractivity contribution in [2.75, 3.05) is 33.3 Å². The number of methoxy groups -OCH3 is 3. The van der Waals surface area contributed by atoms with E-state index < -0.39 is 0 Å². The van der Waals surface area contributed by atoms with Crippen molar-refractivity contribution >= 4 is 22.5 Å². The second-order valence-corrected chi connectivity index (χ2v) is 6.50. The molecule has 0 saturated heterocycles. The summed E-state index contributed by atoms with van der Waals surface area (Å²) in [6.07, 6.45) is 2.96. The number of hydrogen-bond donors (Lipinski definition) is 1. The SMILES string of the molecule is COCCn1ccc2cc(NC(=O)CCc3cc(OC)ccc3OC)ccc21. The van der Waals surface area contributed by atoms with Gasteiger partial charge >= 0.3 is 0 Å². The van der Waals surface area contributed by atoms with Gasteiger partial charge in [-0.1, -0.05) is 0 Å². The van der Waals surface area contributed by atoms with Crippen molar-refractivity contribution in [3.63, 3.8) is 0 Å². The minimum Gasteiger partial charge on any atom is -0.497 e. The van der Waals surface area contributed by atoms with E-state index in [0.29, 0.717) is 19.4 Å². The van der Waals surface area contributed by atoms with Crippen molar-refractivity contribution in [1.82, 2.24) is 4.57 Å². The zero-order chi connectivity index (χ0) is 19.9. The predicted molar refractivity (Wildman–Crippen MR) is 110 cm³/mol.